The highest BCUT2D eigenvalue weighted by Crippen LogP contribution is 2.23. The van der Waals surface area contributed by atoms with Crippen molar-refractivity contribution in [3.05, 3.63) is 53.1 Å². The lowest BCUT2D eigenvalue weighted by atomic mass is 10.2. The number of nitrogens with one attached hydrogen (secondary N) is 1. The van der Waals surface area contributed by atoms with Gasteiger partial charge in [0.25, 0.3) is 10.0 Å². The van der Waals surface area contributed by atoms with E-state index in [9.17, 15) is 12.8 Å². The first-order chi connectivity index (χ1) is 8.90. The number of rotatable bonds is 3. The maximum Gasteiger partial charge on any atom is 0.262 e. The fraction of sp³-hybridized carbons (Fsp3) is 0.0833. The third kappa shape index (κ3) is 3.02. The minimum absolute atomic E-state index is 0.0492. The Kier molecular flexibility index (Phi) is 3.73. The third-order valence-electron chi connectivity index (χ3n) is 2.44. The van der Waals surface area contributed by atoms with E-state index >= 15 is 0 Å². The molecule has 0 aliphatic rings. The van der Waals surface area contributed by atoms with Gasteiger partial charge in [0.2, 0.25) is 0 Å². The molecule has 0 saturated carbocycles. The number of anilines is 1. The normalized spacial score (nSPS) is 11.3. The Hall–Kier alpha value is -1.66. The van der Waals surface area contributed by atoms with Gasteiger partial charge in [-0.05, 0) is 36.8 Å². The second-order valence-corrected chi connectivity index (χ2v) is 5.96. The summed E-state index contributed by atoms with van der Waals surface area (Å²) < 4.78 is 39.9. The number of nitrogens with zero attached hydrogens (tertiary/aromatic N) is 1. The first-order valence-electron chi connectivity index (χ1n) is 5.28. The topological polar surface area (TPSA) is 59.1 Å². The Balaban J connectivity index is 2.41. The zero-order valence-electron chi connectivity index (χ0n) is 9.89. The van der Waals surface area contributed by atoms with Crippen molar-refractivity contribution in [2.45, 2.75) is 11.8 Å². The summed E-state index contributed by atoms with van der Waals surface area (Å²) >= 11 is 5.77. The molecule has 100 valence electrons. The van der Waals surface area contributed by atoms with E-state index in [-0.39, 0.29) is 10.6 Å². The van der Waals surface area contributed by atoms with Gasteiger partial charge >= 0.3 is 0 Å². The number of pyridine rings is 1. The van der Waals surface area contributed by atoms with Gasteiger partial charge < -0.3 is 0 Å². The minimum atomic E-state index is -3.86. The molecule has 19 heavy (non-hydrogen) atoms. The first-order valence-corrected chi connectivity index (χ1v) is 7.15. The Bertz CT molecular complexity index is 719. The van der Waals surface area contributed by atoms with Crippen molar-refractivity contribution in [3.63, 3.8) is 0 Å². The van der Waals surface area contributed by atoms with Crippen LogP contribution in [0.15, 0.2) is 41.6 Å². The molecule has 0 atom stereocenters. The average molecular weight is 301 g/mol. The lowest BCUT2D eigenvalue weighted by molar-refractivity contribution is 0.597. The summed E-state index contributed by atoms with van der Waals surface area (Å²) in [5.74, 6) is -0.738. The minimum Gasteiger partial charge on any atom is -0.277 e. The molecule has 0 fully saturated rings. The summed E-state index contributed by atoms with van der Waals surface area (Å²) in [7, 11) is -3.86. The molecule has 1 aromatic heterocycles. The SMILES string of the molecule is Cc1cc(Cl)ccc1S(=O)(=O)Nc1ccncc1F. The Morgan fingerprint density at radius 3 is 2.68 bits per heavy atom. The van der Waals surface area contributed by atoms with Crippen molar-refractivity contribution >= 4 is 27.3 Å². The number of aryl methyl sites for hydroxylation is 1. The molecule has 1 N–H and O–H groups in total. The third-order valence-corrected chi connectivity index (χ3v) is 4.20. The molecule has 0 aliphatic carbocycles. The second kappa shape index (κ2) is 5.14. The average Bonchev–Trinajstić information content (AvgIpc) is 2.31. The number of benzene rings is 1. The van der Waals surface area contributed by atoms with E-state index in [0.29, 0.717) is 10.6 Å². The molecule has 2 aromatic rings. The molecule has 0 amide bonds. The molecule has 7 heteroatoms. The largest absolute Gasteiger partial charge is 0.277 e. The molecule has 0 aliphatic heterocycles. The molecule has 2 rings (SSSR count). The first kappa shape index (κ1) is 13.8. The fourth-order valence-corrected chi connectivity index (χ4v) is 3.09. The van der Waals surface area contributed by atoms with Gasteiger partial charge in [-0.2, -0.15) is 0 Å². The number of aromatic nitrogens is 1. The summed E-state index contributed by atoms with van der Waals surface area (Å²) in [6.45, 7) is 1.61. The Morgan fingerprint density at radius 1 is 1.32 bits per heavy atom. The van der Waals surface area contributed by atoms with E-state index in [1.807, 2.05) is 0 Å². The predicted molar refractivity (Wildman–Crippen MR) is 71.2 cm³/mol. The summed E-state index contributed by atoms with van der Waals surface area (Å²) in [5, 5.41) is 0.437. The Morgan fingerprint density at radius 2 is 2.05 bits per heavy atom. The van der Waals surface area contributed by atoms with Gasteiger partial charge in [0.1, 0.15) is 0 Å². The zero-order chi connectivity index (χ0) is 14.0. The van der Waals surface area contributed by atoms with E-state index in [0.717, 1.165) is 6.20 Å². The van der Waals surface area contributed by atoms with Crippen molar-refractivity contribution in [1.29, 1.82) is 0 Å². The van der Waals surface area contributed by atoms with Crippen molar-refractivity contribution < 1.29 is 12.8 Å². The van der Waals surface area contributed by atoms with Crippen molar-refractivity contribution in [3.8, 4) is 0 Å². The number of hydrogen-bond donors (Lipinski definition) is 1. The maximum absolute atomic E-state index is 13.4. The quantitative estimate of drug-likeness (QED) is 0.948. The molecule has 0 saturated heterocycles. The van der Waals surface area contributed by atoms with Gasteiger partial charge in [-0.3, -0.25) is 9.71 Å². The molecule has 4 nitrogen and oxygen atoms in total. The van der Waals surface area contributed by atoms with Crippen LogP contribution in [0.25, 0.3) is 0 Å². The molecule has 0 unspecified atom stereocenters. The van der Waals surface area contributed by atoms with Crippen LogP contribution in [0.3, 0.4) is 0 Å². The van der Waals surface area contributed by atoms with E-state index in [1.54, 1.807) is 6.92 Å². The fourth-order valence-electron chi connectivity index (χ4n) is 1.57. The summed E-state index contributed by atoms with van der Waals surface area (Å²) in [4.78, 5) is 3.60. The monoisotopic (exact) mass is 300 g/mol. The zero-order valence-corrected chi connectivity index (χ0v) is 11.5. The van der Waals surface area contributed by atoms with Crippen LogP contribution < -0.4 is 4.72 Å². The van der Waals surface area contributed by atoms with Gasteiger partial charge in [-0.15, -0.1) is 0 Å². The number of halogens is 2. The summed E-state index contributed by atoms with van der Waals surface area (Å²) in [6.07, 6.45) is 2.24. The molecule has 0 spiro atoms. The van der Waals surface area contributed by atoms with E-state index < -0.39 is 15.8 Å². The van der Waals surface area contributed by atoms with Gasteiger partial charge in [-0.1, -0.05) is 11.6 Å². The van der Waals surface area contributed by atoms with Crippen LogP contribution in [0.5, 0.6) is 0 Å². The van der Waals surface area contributed by atoms with E-state index in [1.165, 1.54) is 30.5 Å². The lowest BCUT2D eigenvalue weighted by Crippen LogP contribution is -2.15. The molecule has 0 bridgehead atoms. The standard InChI is InChI=1S/C12H10ClFN2O2S/c1-8-6-9(13)2-3-12(8)19(17,18)16-11-4-5-15-7-10(11)14/h2-7H,1H3,(H,15,16). The van der Waals surface area contributed by atoms with Crippen LogP contribution in [0.2, 0.25) is 5.02 Å². The molecular formula is C12H10ClFN2O2S. The summed E-state index contributed by atoms with van der Waals surface area (Å²) in [5.41, 5.74) is 0.332. The van der Waals surface area contributed by atoms with Crippen LogP contribution in [0.4, 0.5) is 10.1 Å². The smallest absolute Gasteiger partial charge is 0.262 e. The van der Waals surface area contributed by atoms with E-state index in [4.69, 9.17) is 11.6 Å². The number of hydrogen-bond acceptors (Lipinski definition) is 3. The van der Waals surface area contributed by atoms with Crippen LogP contribution in [0.1, 0.15) is 5.56 Å². The van der Waals surface area contributed by atoms with E-state index in [2.05, 4.69) is 9.71 Å². The van der Waals surface area contributed by atoms with Crippen LogP contribution in [-0.4, -0.2) is 13.4 Å². The van der Waals surface area contributed by atoms with Crippen molar-refractivity contribution in [1.82, 2.24) is 4.98 Å². The second-order valence-electron chi connectivity index (χ2n) is 3.87. The van der Waals surface area contributed by atoms with Gasteiger partial charge in [-0.25, -0.2) is 12.8 Å². The molecular weight excluding hydrogens is 291 g/mol. The van der Waals surface area contributed by atoms with Crippen molar-refractivity contribution in [2.75, 3.05) is 4.72 Å². The predicted octanol–water partition coefficient (Wildman–Crippen LogP) is 2.98. The van der Waals surface area contributed by atoms with Gasteiger partial charge in [0, 0.05) is 11.2 Å². The molecule has 1 aromatic carbocycles. The highest BCUT2D eigenvalue weighted by atomic mass is 35.5. The Labute approximate surface area is 115 Å². The van der Waals surface area contributed by atoms with Crippen LogP contribution in [-0.2, 0) is 10.0 Å². The summed E-state index contributed by atoms with van der Waals surface area (Å²) in [6, 6.07) is 5.61. The van der Waals surface area contributed by atoms with Crippen LogP contribution >= 0.6 is 11.6 Å². The molecule has 0 radical (unpaired) electrons. The highest BCUT2D eigenvalue weighted by Gasteiger charge is 2.18. The molecule has 1 heterocycles. The number of sulfonamides is 1. The van der Waals surface area contributed by atoms with Gasteiger partial charge in [0.05, 0.1) is 16.8 Å². The van der Waals surface area contributed by atoms with Gasteiger partial charge in [0.15, 0.2) is 5.82 Å². The maximum atomic E-state index is 13.4. The van der Waals surface area contributed by atoms with Crippen LogP contribution in [0, 0.1) is 12.7 Å². The highest BCUT2D eigenvalue weighted by molar-refractivity contribution is 7.92. The van der Waals surface area contributed by atoms with Crippen molar-refractivity contribution in [2.24, 2.45) is 0 Å². The lowest BCUT2D eigenvalue weighted by Gasteiger charge is -2.10.